The van der Waals surface area contributed by atoms with Gasteiger partial charge in [0.15, 0.2) is 0 Å². The van der Waals surface area contributed by atoms with Crippen LogP contribution in [-0.4, -0.2) is 9.55 Å². The van der Waals surface area contributed by atoms with Crippen LogP contribution in [0, 0.1) is 6.92 Å². The first-order chi connectivity index (χ1) is 7.83. The Morgan fingerprint density at radius 1 is 1.19 bits per heavy atom. The first-order valence-corrected chi connectivity index (χ1v) is 5.91. The van der Waals surface area contributed by atoms with Crippen molar-refractivity contribution in [1.82, 2.24) is 9.55 Å². The van der Waals surface area contributed by atoms with E-state index < -0.39 is 0 Å². The Morgan fingerprint density at radius 2 is 1.88 bits per heavy atom. The van der Waals surface area contributed by atoms with Crippen LogP contribution in [0.3, 0.4) is 0 Å². The Balaban J connectivity index is 0.000000606. The number of hydrogen-bond donors (Lipinski definition) is 0. The quantitative estimate of drug-likeness (QED) is 0.747. The second-order valence-electron chi connectivity index (χ2n) is 3.33. The van der Waals surface area contributed by atoms with Gasteiger partial charge in [0.2, 0.25) is 0 Å². The summed E-state index contributed by atoms with van der Waals surface area (Å²) in [7, 11) is 0. The minimum Gasteiger partial charge on any atom is -0.304 e. The summed E-state index contributed by atoms with van der Waals surface area (Å²) in [5.41, 5.74) is 2.60. The van der Waals surface area contributed by atoms with Gasteiger partial charge in [-0.15, -0.1) is 0 Å². The van der Waals surface area contributed by atoms with E-state index in [4.69, 9.17) is 0 Å². The van der Waals surface area contributed by atoms with Crippen molar-refractivity contribution < 1.29 is 0 Å². The molecule has 0 aliphatic carbocycles. The molecule has 86 valence electrons. The Kier molecular flexibility index (Phi) is 4.77. The second-order valence-corrected chi connectivity index (χ2v) is 3.33. The third-order valence-electron chi connectivity index (χ3n) is 2.46. The lowest BCUT2D eigenvalue weighted by molar-refractivity contribution is 0.947. The van der Waals surface area contributed by atoms with Gasteiger partial charge in [-0.3, -0.25) is 0 Å². The van der Waals surface area contributed by atoms with Crippen molar-refractivity contribution in [2.75, 3.05) is 0 Å². The monoisotopic (exact) mass is 216 g/mol. The molecule has 0 amide bonds. The molecule has 1 heterocycles. The Hall–Kier alpha value is -1.57. The van der Waals surface area contributed by atoms with Gasteiger partial charge in [0.1, 0.15) is 5.82 Å². The number of imidazole rings is 1. The number of para-hydroxylation sites is 1. The predicted molar refractivity (Wildman–Crippen MR) is 69.0 cm³/mol. The van der Waals surface area contributed by atoms with E-state index in [9.17, 15) is 0 Å². The van der Waals surface area contributed by atoms with Crippen molar-refractivity contribution in [3.05, 3.63) is 48.0 Å². The Morgan fingerprint density at radius 3 is 2.44 bits per heavy atom. The molecule has 2 rings (SSSR count). The van der Waals surface area contributed by atoms with Crippen molar-refractivity contribution in [3.8, 4) is 5.69 Å². The van der Waals surface area contributed by atoms with E-state index in [0.29, 0.717) is 0 Å². The maximum Gasteiger partial charge on any atom is 0.110 e. The van der Waals surface area contributed by atoms with Gasteiger partial charge in [-0.1, -0.05) is 39.0 Å². The molecule has 2 nitrogen and oxygen atoms in total. The lowest BCUT2D eigenvalue weighted by Gasteiger charge is -2.09. The molecule has 16 heavy (non-hydrogen) atoms. The van der Waals surface area contributed by atoms with Gasteiger partial charge in [0, 0.05) is 18.1 Å². The largest absolute Gasteiger partial charge is 0.304 e. The maximum atomic E-state index is 4.23. The van der Waals surface area contributed by atoms with Crippen LogP contribution in [0.5, 0.6) is 0 Å². The highest BCUT2D eigenvalue weighted by molar-refractivity contribution is 5.41. The molecule has 0 unspecified atom stereocenters. The topological polar surface area (TPSA) is 17.8 Å². The summed E-state index contributed by atoms with van der Waals surface area (Å²) < 4.78 is 2.12. The van der Waals surface area contributed by atoms with E-state index in [1.54, 1.807) is 0 Å². The number of aryl methyl sites for hydroxylation is 2. The molecule has 0 saturated carbocycles. The van der Waals surface area contributed by atoms with Crippen LogP contribution >= 0.6 is 0 Å². The Labute approximate surface area is 98.0 Å². The van der Waals surface area contributed by atoms with E-state index in [1.807, 2.05) is 33.2 Å². The maximum absolute atomic E-state index is 4.23. The van der Waals surface area contributed by atoms with Crippen LogP contribution in [0.15, 0.2) is 36.7 Å². The first kappa shape index (κ1) is 12.5. The zero-order chi connectivity index (χ0) is 12.0. The number of benzene rings is 1. The van der Waals surface area contributed by atoms with Gasteiger partial charge in [-0.05, 0) is 25.0 Å². The van der Waals surface area contributed by atoms with Crippen LogP contribution in [0.1, 0.15) is 32.2 Å². The predicted octanol–water partition coefficient (Wildman–Crippen LogP) is 3.77. The fourth-order valence-corrected chi connectivity index (χ4v) is 1.68. The van der Waals surface area contributed by atoms with Gasteiger partial charge in [0.25, 0.3) is 0 Å². The molecule has 1 aromatic carbocycles. The van der Waals surface area contributed by atoms with Gasteiger partial charge in [-0.2, -0.15) is 0 Å². The van der Waals surface area contributed by atoms with Crippen LogP contribution in [0.4, 0.5) is 0 Å². The van der Waals surface area contributed by atoms with Crippen LogP contribution in [-0.2, 0) is 6.42 Å². The normalized spacial score (nSPS) is 9.50. The van der Waals surface area contributed by atoms with Crippen LogP contribution < -0.4 is 0 Å². The number of rotatable bonds is 2. The van der Waals surface area contributed by atoms with Crippen molar-refractivity contribution >= 4 is 0 Å². The molecule has 0 fully saturated rings. The van der Waals surface area contributed by atoms with Gasteiger partial charge < -0.3 is 4.57 Å². The molecule has 0 bridgehead atoms. The second kappa shape index (κ2) is 6.11. The van der Waals surface area contributed by atoms with Crippen LogP contribution in [0.2, 0.25) is 0 Å². The molecular weight excluding hydrogens is 196 g/mol. The molecule has 0 spiro atoms. The average molecular weight is 216 g/mol. The molecule has 0 N–H and O–H groups in total. The zero-order valence-corrected chi connectivity index (χ0v) is 10.6. The smallest absolute Gasteiger partial charge is 0.110 e. The zero-order valence-electron chi connectivity index (χ0n) is 10.6. The molecule has 2 heteroatoms. The molecule has 1 aromatic heterocycles. The SMILES string of the molecule is CC.CCc1ccccc1-n1ccnc1C. The van der Waals surface area contributed by atoms with E-state index >= 15 is 0 Å². The van der Waals surface area contributed by atoms with Crippen molar-refractivity contribution in [3.63, 3.8) is 0 Å². The van der Waals surface area contributed by atoms with Crippen molar-refractivity contribution in [1.29, 1.82) is 0 Å². The molecule has 0 aliphatic heterocycles. The highest BCUT2D eigenvalue weighted by atomic mass is 15.1. The summed E-state index contributed by atoms with van der Waals surface area (Å²) in [5, 5.41) is 0. The lowest BCUT2D eigenvalue weighted by Crippen LogP contribution is -1.99. The summed E-state index contributed by atoms with van der Waals surface area (Å²) in [4.78, 5) is 4.23. The minimum absolute atomic E-state index is 1.03. The summed E-state index contributed by atoms with van der Waals surface area (Å²) in [5.74, 6) is 1.03. The van der Waals surface area contributed by atoms with E-state index in [1.165, 1.54) is 11.3 Å². The molecule has 0 atom stereocenters. The average Bonchev–Trinajstić information content (AvgIpc) is 2.78. The highest BCUT2D eigenvalue weighted by Crippen LogP contribution is 2.16. The fraction of sp³-hybridized carbons (Fsp3) is 0.357. The van der Waals surface area contributed by atoms with E-state index in [0.717, 1.165) is 12.2 Å². The minimum atomic E-state index is 1.03. The summed E-state index contributed by atoms with van der Waals surface area (Å²) in [6.45, 7) is 8.19. The molecule has 0 saturated heterocycles. The lowest BCUT2D eigenvalue weighted by atomic mass is 10.1. The van der Waals surface area contributed by atoms with Crippen molar-refractivity contribution in [2.24, 2.45) is 0 Å². The summed E-state index contributed by atoms with van der Waals surface area (Å²) in [6, 6.07) is 8.44. The molecular formula is C14H20N2. The third kappa shape index (κ3) is 2.51. The van der Waals surface area contributed by atoms with E-state index in [2.05, 4.69) is 40.7 Å². The van der Waals surface area contributed by atoms with Gasteiger partial charge >= 0.3 is 0 Å². The van der Waals surface area contributed by atoms with Gasteiger partial charge in [0.05, 0.1) is 0 Å². The van der Waals surface area contributed by atoms with Crippen LogP contribution in [0.25, 0.3) is 5.69 Å². The summed E-state index contributed by atoms with van der Waals surface area (Å²) >= 11 is 0. The van der Waals surface area contributed by atoms with E-state index in [-0.39, 0.29) is 0 Å². The van der Waals surface area contributed by atoms with Gasteiger partial charge in [-0.25, -0.2) is 4.98 Å². The molecule has 0 radical (unpaired) electrons. The summed E-state index contributed by atoms with van der Waals surface area (Å²) in [6.07, 6.45) is 4.89. The fourth-order valence-electron chi connectivity index (χ4n) is 1.68. The van der Waals surface area contributed by atoms with Crippen molar-refractivity contribution in [2.45, 2.75) is 34.1 Å². The number of hydrogen-bond acceptors (Lipinski definition) is 1. The molecule has 2 aromatic rings. The standard InChI is InChI=1S/C12H14N2.C2H6/c1-3-11-6-4-5-7-12(11)14-9-8-13-10(14)2;1-2/h4-9H,3H2,1-2H3;1-2H3. The number of aromatic nitrogens is 2. The number of nitrogens with zero attached hydrogens (tertiary/aromatic N) is 2. The molecule has 0 aliphatic rings. The first-order valence-electron chi connectivity index (χ1n) is 5.91. The highest BCUT2D eigenvalue weighted by Gasteiger charge is 2.03. The third-order valence-corrected chi connectivity index (χ3v) is 2.46. The Bertz CT molecular complexity index is 430.